The lowest BCUT2D eigenvalue weighted by Crippen LogP contribution is -2.21. The Morgan fingerprint density at radius 1 is 1.04 bits per heavy atom. The summed E-state index contributed by atoms with van der Waals surface area (Å²) >= 11 is 0. The van der Waals surface area contributed by atoms with Gasteiger partial charge in [-0.15, -0.1) is 15.0 Å². The number of rotatable bonds is 5. The molecule has 0 spiro atoms. The zero-order valence-corrected chi connectivity index (χ0v) is 14.8. The lowest BCUT2D eigenvalue weighted by Gasteiger charge is -2.29. The second kappa shape index (κ2) is 6.27. The molecule has 0 amide bonds. The van der Waals surface area contributed by atoms with Gasteiger partial charge in [0.15, 0.2) is 0 Å². The third-order valence-electron chi connectivity index (χ3n) is 4.80. The molecule has 2 aromatic carbocycles. The topological polar surface area (TPSA) is 50.9 Å². The number of hydrogen-bond acceptors (Lipinski definition) is 3. The van der Waals surface area contributed by atoms with Gasteiger partial charge in [0.2, 0.25) is 0 Å². The van der Waals surface area contributed by atoms with E-state index in [-0.39, 0.29) is 11.2 Å². The van der Waals surface area contributed by atoms with E-state index in [0.717, 1.165) is 29.4 Å². The van der Waals surface area contributed by atoms with Gasteiger partial charge in [0.1, 0.15) is 22.5 Å². The van der Waals surface area contributed by atoms with Crippen molar-refractivity contribution < 1.29 is 5.11 Å². The van der Waals surface area contributed by atoms with Crippen LogP contribution in [0.2, 0.25) is 0 Å². The van der Waals surface area contributed by atoms with E-state index in [1.165, 1.54) is 4.80 Å². The van der Waals surface area contributed by atoms with Crippen LogP contribution in [-0.4, -0.2) is 20.1 Å². The van der Waals surface area contributed by atoms with Crippen LogP contribution in [-0.2, 0) is 5.41 Å². The molecule has 0 aliphatic rings. The standard InChI is InChI=1S/C20H25N3O/c1-5-14(2)13-20(3,4)15-9-8-12-18(19(15)24)23-21-16-10-6-7-11-17(16)22-23/h6-12,14,24H,5,13H2,1-4H3. The lowest BCUT2D eigenvalue weighted by molar-refractivity contribution is 0.355. The molecular formula is C20H25N3O. The third kappa shape index (κ3) is 3.01. The zero-order chi connectivity index (χ0) is 17.3. The average molecular weight is 323 g/mol. The molecule has 0 saturated carbocycles. The van der Waals surface area contributed by atoms with E-state index < -0.39 is 0 Å². The highest BCUT2D eigenvalue weighted by molar-refractivity contribution is 5.73. The van der Waals surface area contributed by atoms with E-state index in [0.29, 0.717) is 11.6 Å². The van der Waals surface area contributed by atoms with Crippen LogP contribution < -0.4 is 0 Å². The molecule has 0 radical (unpaired) electrons. The molecule has 1 N–H and O–H groups in total. The van der Waals surface area contributed by atoms with Gasteiger partial charge in [-0.2, -0.15) is 0 Å². The highest BCUT2D eigenvalue weighted by atomic mass is 16.3. The Bertz CT molecular complexity index is 818. The first kappa shape index (κ1) is 16.5. The minimum Gasteiger partial charge on any atom is -0.505 e. The predicted octanol–water partition coefficient (Wildman–Crippen LogP) is 4.84. The highest BCUT2D eigenvalue weighted by Gasteiger charge is 2.27. The summed E-state index contributed by atoms with van der Waals surface area (Å²) in [6.45, 7) is 8.83. The van der Waals surface area contributed by atoms with E-state index in [9.17, 15) is 5.11 Å². The van der Waals surface area contributed by atoms with Gasteiger partial charge in [-0.1, -0.05) is 58.4 Å². The maximum absolute atomic E-state index is 10.9. The van der Waals surface area contributed by atoms with Crippen LogP contribution >= 0.6 is 0 Å². The first-order chi connectivity index (χ1) is 11.4. The van der Waals surface area contributed by atoms with Crippen LogP contribution in [0, 0.1) is 5.92 Å². The van der Waals surface area contributed by atoms with Gasteiger partial charge in [0.05, 0.1) is 0 Å². The van der Waals surface area contributed by atoms with Crippen LogP contribution in [0.15, 0.2) is 42.5 Å². The molecule has 24 heavy (non-hydrogen) atoms. The molecule has 0 bridgehead atoms. The molecule has 0 aliphatic carbocycles. The fourth-order valence-electron chi connectivity index (χ4n) is 3.33. The lowest BCUT2D eigenvalue weighted by atomic mass is 9.76. The Hall–Kier alpha value is -2.36. The van der Waals surface area contributed by atoms with Crippen molar-refractivity contribution >= 4 is 11.0 Å². The van der Waals surface area contributed by atoms with Gasteiger partial charge in [0.25, 0.3) is 0 Å². The Balaban J connectivity index is 2.05. The van der Waals surface area contributed by atoms with Gasteiger partial charge in [0, 0.05) is 5.56 Å². The highest BCUT2D eigenvalue weighted by Crippen LogP contribution is 2.39. The van der Waals surface area contributed by atoms with Crippen molar-refractivity contribution in [1.29, 1.82) is 0 Å². The van der Waals surface area contributed by atoms with Crippen molar-refractivity contribution in [3.8, 4) is 11.4 Å². The van der Waals surface area contributed by atoms with Crippen molar-refractivity contribution in [3.05, 3.63) is 48.0 Å². The molecular weight excluding hydrogens is 298 g/mol. The predicted molar refractivity (Wildman–Crippen MR) is 97.6 cm³/mol. The molecule has 1 atom stereocenters. The van der Waals surface area contributed by atoms with E-state index in [1.807, 2.05) is 42.5 Å². The molecule has 1 heterocycles. The summed E-state index contributed by atoms with van der Waals surface area (Å²) in [4.78, 5) is 1.53. The monoisotopic (exact) mass is 323 g/mol. The number of aromatic nitrogens is 3. The Morgan fingerprint density at radius 3 is 2.25 bits per heavy atom. The molecule has 1 aromatic heterocycles. The molecule has 126 valence electrons. The first-order valence-electron chi connectivity index (χ1n) is 8.57. The summed E-state index contributed by atoms with van der Waals surface area (Å²) in [5.74, 6) is 0.875. The van der Waals surface area contributed by atoms with Gasteiger partial charge < -0.3 is 5.11 Å². The van der Waals surface area contributed by atoms with Crippen molar-refractivity contribution in [2.45, 2.75) is 46.0 Å². The second-order valence-corrected chi connectivity index (χ2v) is 7.25. The number of benzene rings is 2. The van der Waals surface area contributed by atoms with E-state index in [1.54, 1.807) is 0 Å². The molecule has 4 nitrogen and oxygen atoms in total. The molecule has 0 aliphatic heterocycles. The molecule has 3 rings (SSSR count). The summed E-state index contributed by atoms with van der Waals surface area (Å²) in [6, 6.07) is 13.6. The van der Waals surface area contributed by atoms with Crippen molar-refractivity contribution in [2.75, 3.05) is 0 Å². The number of phenolic OH excluding ortho intramolecular Hbond substituents is 1. The normalized spacial score (nSPS) is 13.3. The SMILES string of the molecule is CCC(C)CC(C)(C)c1cccc(-n2nc3ccccc3n2)c1O. The summed E-state index contributed by atoms with van der Waals surface area (Å²) in [6.07, 6.45) is 2.16. The smallest absolute Gasteiger partial charge is 0.146 e. The molecule has 0 fully saturated rings. The minimum absolute atomic E-state index is 0.109. The van der Waals surface area contributed by atoms with Crippen LogP contribution in [0.5, 0.6) is 5.75 Å². The Labute approximate surface area is 143 Å². The molecule has 4 heteroatoms. The fraction of sp³-hybridized carbons (Fsp3) is 0.400. The number of para-hydroxylation sites is 1. The van der Waals surface area contributed by atoms with Crippen molar-refractivity contribution in [1.82, 2.24) is 15.0 Å². The zero-order valence-electron chi connectivity index (χ0n) is 14.8. The van der Waals surface area contributed by atoms with Crippen LogP contribution in [0.25, 0.3) is 16.7 Å². The van der Waals surface area contributed by atoms with Crippen molar-refractivity contribution in [2.24, 2.45) is 5.92 Å². The minimum atomic E-state index is -0.109. The largest absolute Gasteiger partial charge is 0.505 e. The Morgan fingerprint density at radius 2 is 1.67 bits per heavy atom. The maximum Gasteiger partial charge on any atom is 0.146 e. The van der Waals surface area contributed by atoms with Gasteiger partial charge in [-0.3, -0.25) is 0 Å². The summed E-state index contributed by atoms with van der Waals surface area (Å²) in [5, 5.41) is 19.9. The number of hydrogen-bond donors (Lipinski definition) is 1. The number of aromatic hydroxyl groups is 1. The maximum atomic E-state index is 10.9. The quantitative estimate of drug-likeness (QED) is 0.731. The molecule has 1 unspecified atom stereocenters. The Kier molecular flexibility index (Phi) is 4.31. The summed E-state index contributed by atoms with van der Waals surface area (Å²) in [5.41, 5.74) is 3.10. The second-order valence-electron chi connectivity index (χ2n) is 7.25. The average Bonchev–Trinajstić information content (AvgIpc) is 2.98. The van der Waals surface area contributed by atoms with E-state index in [4.69, 9.17) is 0 Å². The first-order valence-corrected chi connectivity index (χ1v) is 8.57. The number of fused-ring (bicyclic) bond motifs is 1. The van der Waals surface area contributed by atoms with E-state index >= 15 is 0 Å². The fourth-order valence-corrected chi connectivity index (χ4v) is 3.33. The summed E-state index contributed by atoms with van der Waals surface area (Å²) in [7, 11) is 0. The van der Waals surface area contributed by atoms with Gasteiger partial charge >= 0.3 is 0 Å². The number of phenols is 1. The van der Waals surface area contributed by atoms with Crippen LogP contribution in [0.3, 0.4) is 0 Å². The van der Waals surface area contributed by atoms with Gasteiger partial charge in [-0.25, -0.2) is 0 Å². The van der Waals surface area contributed by atoms with Gasteiger partial charge in [-0.05, 0) is 36.0 Å². The van der Waals surface area contributed by atoms with Crippen LogP contribution in [0.4, 0.5) is 0 Å². The third-order valence-corrected chi connectivity index (χ3v) is 4.80. The molecule has 3 aromatic rings. The van der Waals surface area contributed by atoms with Crippen molar-refractivity contribution in [3.63, 3.8) is 0 Å². The summed E-state index contributed by atoms with van der Waals surface area (Å²) < 4.78 is 0. The van der Waals surface area contributed by atoms with E-state index in [2.05, 4.69) is 37.9 Å². The van der Waals surface area contributed by atoms with Crippen LogP contribution in [0.1, 0.15) is 46.1 Å². The number of nitrogens with zero attached hydrogens (tertiary/aromatic N) is 3. The molecule has 0 saturated heterocycles.